The first kappa shape index (κ1) is 8.22. The van der Waals surface area contributed by atoms with Crippen LogP contribution in [0.25, 0.3) is 0 Å². The monoisotopic (exact) mass is 130 g/mol. The van der Waals surface area contributed by atoms with Gasteiger partial charge in [0.15, 0.2) is 0 Å². The Morgan fingerprint density at radius 3 is 0.625 bits per heavy atom. The Kier molecular flexibility index (Phi) is 5.50. The predicted molar refractivity (Wildman–Crippen MR) is 43.7 cm³/mol. The Morgan fingerprint density at radius 2 is 0.500 bits per heavy atom. The van der Waals surface area contributed by atoms with Gasteiger partial charge in [0.2, 0.25) is 0 Å². The second kappa shape index (κ2) is 5.36. The molecule has 1 aliphatic carbocycles. The third-order valence-corrected chi connectivity index (χ3v) is 1.75. The second-order valence-corrected chi connectivity index (χ2v) is 2.47. The third kappa shape index (κ3) is 3.25. The Morgan fingerprint density at radius 1 is 0.375 bits per heavy atom. The van der Waals surface area contributed by atoms with E-state index in [0.29, 0.717) is 0 Å². The molecule has 0 heterocycles. The van der Waals surface area contributed by atoms with E-state index in [1.54, 1.807) is 0 Å². The van der Waals surface area contributed by atoms with Crippen molar-refractivity contribution in [2.75, 3.05) is 0 Å². The predicted octanol–water partition coefficient (Wildman–Crippen LogP) is 1.28. The van der Waals surface area contributed by atoms with Gasteiger partial charge in [0.25, 0.3) is 0 Å². The minimum atomic E-state index is 0. The molecule has 1 saturated carbocycles. The summed E-state index contributed by atoms with van der Waals surface area (Å²) < 4.78 is 0. The first-order chi connectivity index (χ1) is 3.50. The molecular weight excluding hydrogens is 112 g/mol. The molecule has 0 aromatic rings. The second-order valence-electron chi connectivity index (χ2n) is 2.47. The summed E-state index contributed by atoms with van der Waals surface area (Å²) in [5.74, 6) is 0. The van der Waals surface area contributed by atoms with E-state index in [9.17, 15) is 0 Å². The van der Waals surface area contributed by atoms with Gasteiger partial charge < -0.3 is 0 Å². The van der Waals surface area contributed by atoms with Crippen molar-refractivity contribution in [2.45, 2.75) is 44.9 Å². The SMILES string of the molecule is C1CCCCCC1.[SiH4]. The van der Waals surface area contributed by atoms with Gasteiger partial charge in [-0.3, -0.25) is 0 Å². The maximum atomic E-state index is 1.50. The minimum absolute atomic E-state index is 0. The Bertz CT molecular complexity index is 24.0. The van der Waals surface area contributed by atoms with E-state index in [2.05, 4.69) is 0 Å². The fourth-order valence-corrected chi connectivity index (χ4v) is 1.24. The van der Waals surface area contributed by atoms with Crippen LogP contribution in [0.5, 0.6) is 0 Å². The highest BCUT2D eigenvalue weighted by molar-refractivity contribution is 5.75. The summed E-state index contributed by atoms with van der Waals surface area (Å²) in [5.41, 5.74) is 0. The van der Waals surface area contributed by atoms with Crippen molar-refractivity contribution >= 4 is 11.0 Å². The van der Waals surface area contributed by atoms with E-state index in [1.165, 1.54) is 44.9 Å². The molecular formula is C7H18Si. The van der Waals surface area contributed by atoms with Crippen LogP contribution in [0.2, 0.25) is 0 Å². The lowest BCUT2D eigenvalue weighted by Gasteiger charge is -1.85. The Hall–Kier alpha value is 0.217. The van der Waals surface area contributed by atoms with Crippen LogP contribution in [0, 0.1) is 0 Å². The van der Waals surface area contributed by atoms with Crippen molar-refractivity contribution in [1.82, 2.24) is 0 Å². The van der Waals surface area contributed by atoms with Crippen LogP contribution < -0.4 is 0 Å². The lowest BCUT2D eigenvalue weighted by Crippen LogP contribution is -1.66. The molecule has 1 heteroatoms. The summed E-state index contributed by atoms with van der Waals surface area (Å²) >= 11 is 0. The van der Waals surface area contributed by atoms with Gasteiger partial charge >= 0.3 is 0 Å². The van der Waals surface area contributed by atoms with Crippen molar-refractivity contribution in [3.63, 3.8) is 0 Å². The molecule has 0 aliphatic heterocycles. The molecule has 0 spiro atoms. The molecule has 0 nitrogen and oxygen atoms in total. The molecule has 0 N–H and O–H groups in total. The first-order valence-electron chi connectivity index (χ1n) is 3.50. The van der Waals surface area contributed by atoms with E-state index in [0.717, 1.165) is 0 Å². The van der Waals surface area contributed by atoms with Crippen LogP contribution in [-0.4, -0.2) is 11.0 Å². The normalized spacial score (nSPS) is 21.0. The maximum absolute atomic E-state index is 1.50. The molecule has 0 amide bonds. The average Bonchev–Trinajstić information content (AvgIpc) is 1.90. The van der Waals surface area contributed by atoms with Crippen molar-refractivity contribution in [3.8, 4) is 0 Å². The van der Waals surface area contributed by atoms with Crippen molar-refractivity contribution in [1.29, 1.82) is 0 Å². The molecule has 0 radical (unpaired) electrons. The van der Waals surface area contributed by atoms with Gasteiger partial charge in [-0.05, 0) is 11.0 Å². The number of rotatable bonds is 0. The highest BCUT2D eigenvalue weighted by Crippen LogP contribution is 2.15. The topological polar surface area (TPSA) is 0 Å². The van der Waals surface area contributed by atoms with Crippen LogP contribution in [0.1, 0.15) is 44.9 Å². The molecule has 0 unspecified atom stereocenters. The van der Waals surface area contributed by atoms with Crippen molar-refractivity contribution < 1.29 is 0 Å². The smallest absolute Gasteiger partial charge is 0.0149 e. The summed E-state index contributed by atoms with van der Waals surface area (Å²) in [4.78, 5) is 0. The van der Waals surface area contributed by atoms with Gasteiger partial charge in [-0.2, -0.15) is 0 Å². The van der Waals surface area contributed by atoms with Gasteiger partial charge in [0.1, 0.15) is 0 Å². The summed E-state index contributed by atoms with van der Waals surface area (Å²) in [6, 6.07) is 0. The lowest BCUT2D eigenvalue weighted by atomic mass is 10.2. The van der Waals surface area contributed by atoms with E-state index in [-0.39, 0.29) is 11.0 Å². The molecule has 50 valence electrons. The van der Waals surface area contributed by atoms with Gasteiger partial charge in [0, 0.05) is 0 Å². The van der Waals surface area contributed by atoms with Crippen molar-refractivity contribution in [2.24, 2.45) is 0 Å². The molecule has 0 aromatic carbocycles. The van der Waals surface area contributed by atoms with E-state index in [1.807, 2.05) is 0 Å². The van der Waals surface area contributed by atoms with Crippen LogP contribution in [0.15, 0.2) is 0 Å². The Labute approximate surface area is 56.7 Å². The highest BCUT2D eigenvalue weighted by atomic mass is 28.1. The molecule has 1 fully saturated rings. The van der Waals surface area contributed by atoms with Crippen LogP contribution >= 0.6 is 0 Å². The molecule has 1 aliphatic rings. The third-order valence-electron chi connectivity index (χ3n) is 1.75. The molecule has 8 heavy (non-hydrogen) atoms. The zero-order chi connectivity index (χ0) is 4.95. The fraction of sp³-hybridized carbons (Fsp3) is 1.00. The summed E-state index contributed by atoms with van der Waals surface area (Å²) in [6.45, 7) is 0. The Balaban J connectivity index is 0.000000490. The molecule has 0 bridgehead atoms. The summed E-state index contributed by atoms with van der Waals surface area (Å²) in [7, 11) is 0. The van der Waals surface area contributed by atoms with Gasteiger partial charge in [-0.1, -0.05) is 44.9 Å². The van der Waals surface area contributed by atoms with E-state index in [4.69, 9.17) is 0 Å². The first-order valence-corrected chi connectivity index (χ1v) is 3.50. The number of hydrogen-bond donors (Lipinski definition) is 0. The summed E-state index contributed by atoms with van der Waals surface area (Å²) in [6.07, 6.45) is 10.5. The molecule has 0 saturated heterocycles. The fourth-order valence-electron chi connectivity index (χ4n) is 1.24. The van der Waals surface area contributed by atoms with Gasteiger partial charge in [-0.25, -0.2) is 0 Å². The number of hydrogen-bond acceptors (Lipinski definition) is 0. The zero-order valence-electron chi connectivity index (χ0n) is 4.95. The van der Waals surface area contributed by atoms with Gasteiger partial charge in [0.05, 0.1) is 0 Å². The minimum Gasteiger partial charge on any atom is -0.0533 e. The maximum Gasteiger partial charge on any atom is -0.0149 e. The largest absolute Gasteiger partial charge is 0.0533 e. The highest BCUT2D eigenvalue weighted by Gasteiger charge is 1.95. The van der Waals surface area contributed by atoms with E-state index >= 15 is 0 Å². The van der Waals surface area contributed by atoms with Crippen LogP contribution in [0.3, 0.4) is 0 Å². The van der Waals surface area contributed by atoms with Crippen molar-refractivity contribution in [3.05, 3.63) is 0 Å². The standard InChI is InChI=1S/C7H14.H4Si/c1-2-4-6-7-5-3-1;/h1-7H2;1H4. The molecule has 1 rings (SSSR count). The van der Waals surface area contributed by atoms with Crippen LogP contribution in [-0.2, 0) is 0 Å². The van der Waals surface area contributed by atoms with Crippen LogP contribution in [0.4, 0.5) is 0 Å². The average molecular weight is 130 g/mol. The lowest BCUT2D eigenvalue weighted by molar-refractivity contribution is 0.702. The zero-order valence-corrected chi connectivity index (χ0v) is 4.95. The van der Waals surface area contributed by atoms with E-state index < -0.39 is 0 Å². The quantitative estimate of drug-likeness (QED) is 0.342. The molecule has 0 atom stereocenters. The summed E-state index contributed by atoms with van der Waals surface area (Å²) in [5, 5.41) is 0. The molecule has 0 aromatic heterocycles. The van der Waals surface area contributed by atoms with Gasteiger partial charge in [-0.15, -0.1) is 0 Å².